The van der Waals surface area contributed by atoms with Crippen molar-refractivity contribution < 1.29 is 8.81 Å². The van der Waals surface area contributed by atoms with Crippen LogP contribution in [0.25, 0.3) is 11.0 Å². The summed E-state index contributed by atoms with van der Waals surface area (Å²) in [6, 6.07) is 4.91. The Hall–Kier alpha value is -1.35. The Morgan fingerprint density at radius 2 is 2.11 bits per heavy atom. The number of aryl methyl sites for hydroxylation is 1. The molecule has 0 saturated heterocycles. The average molecular weight is 249 g/mol. The van der Waals surface area contributed by atoms with E-state index in [9.17, 15) is 4.39 Å². The molecule has 3 heteroatoms. The highest BCUT2D eigenvalue weighted by atomic mass is 19.1. The first-order valence-electron chi connectivity index (χ1n) is 6.59. The van der Waals surface area contributed by atoms with Crippen molar-refractivity contribution in [2.75, 3.05) is 6.54 Å². The summed E-state index contributed by atoms with van der Waals surface area (Å²) in [5.74, 6) is 0.729. The predicted molar refractivity (Wildman–Crippen MR) is 72.2 cm³/mol. The molecular weight excluding hydrogens is 229 g/mol. The minimum absolute atomic E-state index is 0.214. The van der Waals surface area contributed by atoms with Gasteiger partial charge in [-0.25, -0.2) is 4.39 Å². The van der Waals surface area contributed by atoms with Crippen molar-refractivity contribution in [1.82, 2.24) is 5.32 Å². The van der Waals surface area contributed by atoms with Crippen LogP contribution in [0.4, 0.5) is 4.39 Å². The molecule has 98 valence electrons. The molecule has 0 fully saturated rings. The van der Waals surface area contributed by atoms with Crippen LogP contribution in [0.3, 0.4) is 0 Å². The zero-order valence-electron chi connectivity index (χ0n) is 11.2. The first-order chi connectivity index (χ1) is 8.67. The lowest BCUT2D eigenvalue weighted by molar-refractivity contribution is 0.412. The largest absolute Gasteiger partial charge is 0.459 e. The van der Waals surface area contributed by atoms with Crippen LogP contribution in [0.2, 0.25) is 0 Å². The summed E-state index contributed by atoms with van der Waals surface area (Å²) >= 11 is 0. The number of benzene rings is 1. The number of hydrogen-bond donors (Lipinski definition) is 1. The fraction of sp³-hybridized carbons (Fsp3) is 0.467. The summed E-state index contributed by atoms with van der Waals surface area (Å²) in [6.45, 7) is 7.14. The smallest absolute Gasteiger partial charge is 0.134 e. The van der Waals surface area contributed by atoms with E-state index in [1.54, 1.807) is 12.1 Å². The first-order valence-corrected chi connectivity index (χ1v) is 6.59. The third-order valence-corrected chi connectivity index (χ3v) is 3.28. The molecule has 0 aliphatic heterocycles. The van der Waals surface area contributed by atoms with Gasteiger partial charge in [-0.1, -0.05) is 20.3 Å². The van der Waals surface area contributed by atoms with E-state index in [0.29, 0.717) is 0 Å². The van der Waals surface area contributed by atoms with Gasteiger partial charge >= 0.3 is 0 Å². The molecule has 0 saturated carbocycles. The van der Waals surface area contributed by atoms with Crippen molar-refractivity contribution in [3.63, 3.8) is 0 Å². The van der Waals surface area contributed by atoms with E-state index >= 15 is 0 Å². The lowest BCUT2D eigenvalue weighted by Gasteiger charge is -2.15. The Kier molecular flexibility index (Phi) is 4.02. The van der Waals surface area contributed by atoms with Gasteiger partial charge in [-0.05, 0) is 38.1 Å². The number of rotatable bonds is 5. The minimum Gasteiger partial charge on any atom is -0.459 e. The maximum Gasteiger partial charge on any atom is 0.134 e. The first kappa shape index (κ1) is 13.1. The minimum atomic E-state index is -0.214. The average Bonchev–Trinajstić information content (AvgIpc) is 2.67. The fourth-order valence-electron chi connectivity index (χ4n) is 2.41. The molecule has 1 aromatic heterocycles. The van der Waals surface area contributed by atoms with Crippen LogP contribution in [0.15, 0.2) is 22.6 Å². The molecule has 2 aromatic rings. The third-order valence-electron chi connectivity index (χ3n) is 3.28. The number of nitrogens with one attached hydrogen (secondary N) is 1. The predicted octanol–water partition coefficient (Wildman–Crippen LogP) is 4.33. The molecule has 0 aliphatic carbocycles. The SMILES string of the molecule is CCCC(NCC)c1oc2ccc(F)cc2c1C. The number of furan rings is 1. The molecule has 2 nitrogen and oxygen atoms in total. The quantitative estimate of drug-likeness (QED) is 0.853. The van der Waals surface area contributed by atoms with Crippen molar-refractivity contribution in [3.05, 3.63) is 35.3 Å². The van der Waals surface area contributed by atoms with Crippen LogP contribution < -0.4 is 5.32 Å². The Bertz CT molecular complexity index is 527. The standard InChI is InChI=1S/C15H20FNO/c1-4-6-13(17-5-2)15-10(3)12-9-11(16)7-8-14(12)18-15/h7-9,13,17H,4-6H2,1-3H3. The molecule has 1 aromatic carbocycles. The van der Waals surface area contributed by atoms with Gasteiger partial charge in [0.05, 0.1) is 6.04 Å². The van der Waals surface area contributed by atoms with E-state index in [0.717, 1.165) is 41.7 Å². The Labute approximate surface area is 107 Å². The highest BCUT2D eigenvalue weighted by Crippen LogP contribution is 2.31. The zero-order chi connectivity index (χ0) is 13.1. The molecule has 1 atom stereocenters. The third kappa shape index (κ3) is 2.41. The maximum atomic E-state index is 13.3. The Morgan fingerprint density at radius 1 is 1.33 bits per heavy atom. The molecule has 0 bridgehead atoms. The number of hydrogen-bond acceptors (Lipinski definition) is 2. The molecule has 0 amide bonds. The molecule has 1 N–H and O–H groups in total. The van der Waals surface area contributed by atoms with Gasteiger partial charge in [0.2, 0.25) is 0 Å². The fourth-order valence-corrected chi connectivity index (χ4v) is 2.41. The molecule has 1 unspecified atom stereocenters. The lowest BCUT2D eigenvalue weighted by Crippen LogP contribution is -2.20. The summed E-state index contributed by atoms with van der Waals surface area (Å²) in [4.78, 5) is 0. The molecule has 0 spiro atoms. The molecule has 18 heavy (non-hydrogen) atoms. The van der Waals surface area contributed by atoms with Crippen LogP contribution in [-0.2, 0) is 0 Å². The second kappa shape index (κ2) is 5.53. The van der Waals surface area contributed by atoms with E-state index in [2.05, 4.69) is 19.2 Å². The second-order valence-corrected chi connectivity index (χ2v) is 4.63. The number of fused-ring (bicyclic) bond motifs is 1. The molecular formula is C15H20FNO. The van der Waals surface area contributed by atoms with Crippen LogP contribution in [-0.4, -0.2) is 6.54 Å². The summed E-state index contributed by atoms with van der Waals surface area (Å²) in [7, 11) is 0. The maximum absolute atomic E-state index is 13.3. The monoisotopic (exact) mass is 249 g/mol. The van der Waals surface area contributed by atoms with Crippen molar-refractivity contribution in [2.45, 2.75) is 39.7 Å². The van der Waals surface area contributed by atoms with Gasteiger partial charge in [-0.3, -0.25) is 0 Å². The van der Waals surface area contributed by atoms with Gasteiger partial charge in [0.1, 0.15) is 17.2 Å². The van der Waals surface area contributed by atoms with E-state index in [1.807, 2.05) is 6.92 Å². The highest BCUT2D eigenvalue weighted by molar-refractivity contribution is 5.82. The zero-order valence-corrected chi connectivity index (χ0v) is 11.2. The van der Waals surface area contributed by atoms with Crippen LogP contribution in [0.1, 0.15) is 44.1 Å². The molecule has 0 radical (unpaired) electrons. The summed E-state index contributed by atoms with van der Waals surface area (Å²) < 4.78 is 19.2. The Balaban J connectivity index is 2.46. The summed E-state index contributed by atoms with van der Waals surface area (Å²) in [6.07, 6.45) is 2.11. The van der Waals surface area contributed by atoms with E-state index < -0.39 is 0 Å². The lowest BCUT2D eigenvalue weighted by atomic mass is 10.0. The van der Waals surface area contributed by atoms with E-state index in [1.165, 1.54) is 6.07 Å². The van der Waals surface area contributed by atoms with Gasteiger partial charge in [0, 0.05) is 10.9 Å². The van der Waals surface area contributed by atoms with Crippen molar-refractivity contribution in [2.24, 2.45) is 0 Å². The van der Waals surface area contributed by atoms with E-state index in [-0.39, 0.29) is 11.9 Å². The highest BCUT2D eigenvalue weighted by Gasteiger charge is 2.19. The second-order valence-electron chi connectivity index (χ2n) is 4.63. The normalized spacial score (nSPS) is 13.1. The van der Waals surface area contributed by atoms with Gasteiger partial charge in [-0.15, -0.1) is 0 Å². The molecule has 0 aliphatic rings. The molecule has 2 rings (SSSR count). The Morgan fingerprint density at radius 3 is 2.78 bits per heavy atom. The summed E-state index contributed by atoms with van der Waals surface area (Å²) in [5.41, 5.74) is 1.81. The van der Waals surface area contributed by atoms with Crippen molar-refractivity contribution >= 4 is 11.0 Å². The topological polar surface area (TPSA) is 25.2 Å². The van der Waals surface area contributed by atoms with Crippen LogP contribution >= 0.6 is 0 Å². The van der Waals surface area contributed by atoms with Crippen LogP contribution in [0.5, 0.6) is 0 Å². The van der Waals surface area contributed by atoms with Gasteiger partial charge < -0.3 is 9.73 Å². The van der Waals surface area contributed by atoms with E-state index in [4.69, 9.17) is 4.42 Å². The van der Waals surface area contributed by atoms with Gasteiger partial charge in [-0.2, -0.15) is 0 Å². The summed E-state index contributed by atoms with van der Waals surface area (Å²) in [5, 5.41) is 4.31. The van der Waals surface area contributed by atoms with Crippen molar-refractivity contribution in [1.29, 1.82) is 0 Å². The van der Waals surface area contributed by atoms with Gasteiger partial charge in [0.25, 0.3) is 0 Å². The molecule has 1 heterocycles. The van der Waals surface area contributed by atoms with Gasteiger partial charge in [0.15, 0.2) is 0 Å². The van der Waals surface area contributed by atoms with Crippen LogP contribution in [0, 0.1) is 12.7 Å². The van der Waals surface area contributed by atoms with Crippen molar-refractivity contribution in [3.8, 4) is 0 Å². The number of halogens is 1.